The third-order valence-corrected chi connectivity index (χ3v) is 4.90. The van der Waals surface area contributed by atoms with E-state index in [2.05, 4.69) is 20.9 Å². The molecule has 0 saturated carbocycles. The fourth-order valence-corrected chi connectivity index (χ4v) is 2.59. The number of carbonyl (C=O) groups is 2. The normalized spacial score (nSPS) is 12.1. The lowest BCUT2D eigenvalue weighted by Crippen LogP contribution is -2.43. The molecule has 6 nitrogen and oxygen atoms in total. The Morgan fingerprint density at radius 1 is 0.700 bits per heavy atom. The SMILES string of the molecule is CC(C)(/N=N/C(C)(C)C(=O)NCc1ccc(Cl)cc1)C(=O)NCc1ccc(Cl)cc1. The van der Waals surface area contributed by atoms with Gasteiger partial charge in [0, 0.05) is 23.1 Å². The average molecular weight is 449 g/mol. The van der Waals surface area contributed by atoms with E-state index in [-0.39, 0.29) is 11.8 Å². The fraction of sp³-hybridized carbons (Fsp3) is 0.364. The molecular formula is C22H26Cl2N4O2. The van der Waals surface area contributed by atoms with Gasteiger partial charge in [0.05, 0.1) is 0 Å². The molecule has 30 heavy (non-hydrogen) atoms. The summed E-state index contributed by atoms with van der Waals surface area (Å²) in [7, 11) is 0. The molecule has 0 heterocycles. The van der Waals surface area contributed by atoms with Crippen LogP contribution in [0.1, 0.15) is 38.8 Å². The smallest absolute Gasteiger partial charge is 0.249 e. The van der Waals surface area contributed by atoms with Gasteiger partial charge in [-0.2, -0.15) is 10.2 Å². The highest BCUT2D eigenvalue weighted by Crippen LogP contribution is 2.18. The predicted octanol–water partition coefficient (Wildman–Crippen LogP) is 4.94. The standard InChI is InChI=1S/C22H26Cl2N4O2/c1-21(2,19(29)25-13-15-5-9-17(23)10-6-15)27-28-22(3,4)20(30)26-14-16-7-11-18(24)12-8-16/h5-12H,13-14H2,1-4H3,(H,25,29)(H,26,30)/b28-27+. The monoisotopic (exact) mass is 448 g/mol. The van der Waals surface area contributed by atoms with Crippen LogP contribution in [-0.4, -0.2) is 22.9 Å². The Balaban J connectivity index is 1.92. The zero-order chi connectivity index (χ0) is 22.4. The molecule has 2 aromatic carbocycles. The number of hydrogen-bond acceptors (Lipinski definition) is 4. The molecule has 2 N–H and O–H groups in total. The maximum Gasteiger partial charge on any atom is 0.249 e. The summed E-state index contributed by atoms with van der Waals surface area (Å²) in [5.41, 5.74) is -0.412. The topological polar surface area (TPSA) is 82.9 Å². The first kappa shape index (κ1) is 23.8. The quantitative estimate of drug-likeness (QED) is 0.560. The van der Waals surface area contributed by atoms with Crippen LogP contribution in [0.25, 0.3) is 0 Å². The summed E-state index contributed by atoms with van der Waals surface area (Å²) in [6.07, 6.45) is 0. The van der Waals surface area contributed by atoms with Crippen molar-refractivity contribution in [2.75, 3.05) is 0 Å². The van der Waals surface area contributed by atoms with E-state index in [1.54, 1.807) is 52.0 Å². The third kappa shape index (κ3) is 7.11. The van der Waals surface area contributed by atoms with Gasteiger partial charge >= 0.3 is 0 Å². The summed E-state index contributed by atoms with van der Waals surface area (Å²) in [6, 6.07) is 14.4. The molecule has 0 fully saturated rings. The summed E-state index contributed by atoms with van der Waals surface area (Å²) in [5.74, 6) is -0.586. The Morgan fingerprint density at radius 3 is 1.30 bits per heavy atom. The zero-order valence-corrected chi connectivity index (χ0v) is 19.0. The Labute approximate surface area is 187 Å². The van der Waals surface area contributed by atoms with Crippen molar-refractivity contribution in [2.45, 2.75) is 51.9 Å². The molecule has 0 atom stereocenters. The van der Waals surface area contributed by atoms with Crippen LogP contribution < -0.4 is 10.6 Å². The Kier molecular flexibility index (Phi) is 7.98. The second-order valence-corrected chi connectivity index (χ2v) is 8.81. The molecule has 0 bridgehead atoms. The largest absolute Gasteiger partial charge is 0.350 e. The molecule has 0 aliphatic rings. The summed E-state index contributed by atoms with van der Waals surface area (Å²) in [6.45, 7) is 7.29. The fourth-order valence-electron chi connectivity index (χ4n) is 2.34. The van der Waals surface area contributed by atoms with Crippen molar-refractivity contribution in [1.29, 1.82) is 0 Å². The Bertz CT molecular complexity index is 832. The minimum Gasteiger partial charge on any atom is -0.350 e. The second-order valence-electron chi connectivity index (χ2n) is 7.94. The number of nitrogens with zero attached hydrogens (tertiary/aromatic N) is 2. The molecule has 0 unspecified atom stereocenters. The van der Waals surface area contributed by atoms with Gasteiger partial charge in [0.15, 0.2) is 11.1 Å². The van der Waals surface area contributed by atoms with Crippen molar-refractivity contribution in [3.05, 3.63) is 69.7 Å². The first-order valence-electron chi connectivity index (χ1n) is 9.49. The Morgan fingerprint density at radius 2 is 1.00 bits per heavy atom. The van der Waals surface area contributed by atoms with E-state index in [1.807, 2.05) is 24.3 Å². The maximum absolute atomic E-state index is 12.5. The molecule has 0 spiro atoms. The minimum atomic E-state index is -1.12. The van der Waals surface area contributed by atoms with Crippen LogP contribution in [0.4, 0.5) is 0 Å². The molecule has 2 amide bonds. The Hall–Kier alpha value is -2.44. The van der Waals surface area contributed by atoms with Gasteiger partial charge in [0.25, 0.3) is 0 Å². The van der Waals surface area contributed by atoms with Crippen molar-refractivity contribution in [1.82, 2.24) is 10.6 Å². The van der Waals surface area contributed by atoms with Gasteiger partial charge in [0.2, 0.25) is 11.8 Å². The van der Waals surface area contributed by atoms with Gasteiger partial charge in [-0.25, -0.2) is 0 Å². The molecule has 2 rings (SSSR count). The van der Waals surface area contributed by atoms with E-state index >= 15 is 0 Å². The van der Waals surface area contributed by atoms with E-state index < -0.39 is 11.1 Å². The molecule has 0 saturated heterocycles. The molecule has 0 radical (unpaired) electrons. The van der Waals surface area contributed by atoms with Gasteiger partial charge < -0.3 is 10.6 Å². The lowest BCUT2D eigenvalue weighted by atomic mass is 10.0. The first-order chi connectivity index (χ1) is 14.0. The summed E-state index contributed by atoms with van der Waals surface area (Å²) >= 11 is 11.7. The van der Waals surface area contributed by atoms with Gasteiger partial charge in [-0.3, -0.25) is 9.59 Å². The number of benzene rings is 2. The number of amides is 2. The number of hydrogen-bond donors (Lipinski definition) is 2. The summed E-state index contributed by atoms with van der Waals surface area (Å²) in [4.78, 5) is 25.1. The van der Waals surface area contributed by atoms with Crippen molar-refractivity contribution >= 4 is 35.0 Å². The van der Waals surface area contributed by atoms with Crippen molar-refractivity contribution in [3.63, 3.8) is 0 Å². The van der Waals surface area contributed by atoms with E-state index in [0.717, 1.165) is 11.1 Å². The van der Waals surface area contributed by atoms with Crippen molar-refractivity contribution in [2.24, 2.45) is 10.2 Å². The van der Waals surface area contributed by atoms with Gasteiger partial charge in [0.1, 0.15) is 0 Å². The highest BCUT2D eigenvalue weighted by molar-refractivity contribution is 6.30. The van der Waals surface area contributed by atoms with Gasteiger partial charge in [-0.05, 0) is 63.1 Å². The van der Waals surface area contributed by atoms with Crippen LogP contribution in [0.5, 0.6) is 0 Å². The number of carbonyl (C=O) groups excluding carboxylic acids is 2. The molecule has 0 aliphatic heterocycles. The lowest BCUT2D eigenvalue weighted by molar-refractivity contribution is -0.127. The van der Waals surface area contributed by atoms with Crippen LogP contribution in [0, 0.1) is 0 Å². The molecule has 0 aromatic heterocycles. The molecule has 8 heteroatoms. The highest BCUT2D eigenvalue weighted by Gasteiger charge is 2.32. The highest BCUT2D eigenvalue weighted by atomic mass is 35.5. The number of azo groups is 1. The first-order valence-corrected chi connectivity index (χ1v) is 10.2. The predicted molar refractivity (Wildman–Crippen MR) is 120 cm³/mol. The number of halogens is 2. The minimum absolute atomic E-state index is 0.293. The van der Waals surface area contributed by atoms with Crippen LogP contribution in [-0.2, 0) is 22.7 Å². The van der Waals surface area contributed by atoms with Crippen LogP contribution in [0.2, 0.25) is 10.0 Å². The molecular weight excluding hydrogens is 423 g/mol. The molecule has 0 aliphatic carbocycles. The zero-order valence-electron chi connectivity index (χ0n) is 17.5. The van der Waals surface area contributed by atoms with Gasteiger partial charge in [-0.15, -0.1) is 0 Å². The average Bonchev–Trinajstić information content (AvgIpc) is 2.71. The summed E-state index contributed by atoms with van der Waals surface area (Å²) < 4.78 is 0. The summed E-state index contributed by atoms with van der Waals surface area (Å²) in [5, 5.41) is 15.2. The van der Waals surface area contributed by atoms with Crippen LogP contribution >= 0.6 is 23.2 Å². The van der Waals surface area contributed by atoms with Gasteiger partial charge in [-0.1, -0.05) is 47.5 Å². The third-order valence-electron chi connectivity index (χ3n) is 4.39. The number of nitrogens with one attached hydrogen (secondary N) is 2. The number of rotatable bonds is 8. The van der Waals surface area contributed by atoms with E-state index in [9.17, 15) is 9.59 Å². The van der Waals surface area contributed by atoms with Crippen LogP contribution in [0.15, 0.2) is 58.8 Å². The van der Waals surface area contributed by atoms with E-state index in [1.165, 1.54) is 0 Å². The van der Waals surface area contributed by atoms with E-state index in [4.69, 9.17) is 23.2 Å². The molecule has 160 valence electrons. The van der Waals surface area contributed by atoms with E-state index in [0.29, 0.717) is 23.1 Å². The van der Waals surface area contributed by atoms with Crippen molar-refractivity contribution < 1.29 is 9.59 Å². The molecule has 2 aromatic rings. The van der Waals surface area contributed by atoms with Crippen LogP contribution in [0.3, 0.4) is 0 Å². The second kappa shape index (κ2) is 10.0. The maximum atomic E-state index is 12.5. The lowest BCUT2D eigenvalue weighted by Gasteiger charge is -2.22. The van der Waals surface area contributed by atoms with Crippen molar-refractivity contribution in [3.8, 4) is 0 Å².